The minimum Gasteiger partial charge on any atom is -0.406 e. The van der Waals surface area contributed by atoms with Crippen molar-refractivity contribution in [2.24, 2.45) is 5.92 Å². The third kappa shape index (κ3) is 6.95. The van der Waals surface area contributed by atoms with Crippen LogP contribution in [-0.2, 0) is 4.79 Å². The van der Waals surface area contributed by atoms with Gasteiger partial charge in [-0.05, 0) is 38.2 Å². The zero-order chi connectivity index (χ0) is 16.8. The summed E-state index contributed by atoms with van der Waals surface area (Å²) in [5, 5.41) is 11.2. The number of carbonyl (C=O) groups excluding carboxylic acids is 1. The second kappa shape index (κ2) is 7.66. The van der Waals surface area contributed by atoms with Crippen LogP contribution in [0, 0.1) is 17.2 Å². The first-order chi connectivity index (χ1) is 10.2. The molecule has 0 fully saturated rings. The fraction of sp³-hybridized carbons (Fsp3) is 0.429. The highest BCUT2D eigenvalue weighted by Gasteiger charge is 2.30. The van der Waals surface area contributed by atoms with Gasteiger partial charge in [0.2, 0.25) is 5.91 Å². The number of nitrogens with one attached hydrogen (secondary N) is 1. The Hall–Kier alpha value is -2.27. The molecule has 5 nitrogen and oxygen atoms in total. The van der Waals surface area contributed by atoms with E-state index in [2.05, 4.69) is 16.1 Å². The summed E-state index contributed by atoms with van der Waals surface area (Å²) in [5.74, 6) is -0.876. The summed E-state index contributed by atoms with van der Waals surface area (Å²) >= 11 is 0. The Morgan fingerprint density at radius 3 is 2.50 bits per heavy atom. The SMILES string of the molecule is C[C@H](C#N)CN(C)CC(=O)Nc1ccc(OC(F)(F)F)cc1. The molecule has 22 heavy (non-hydrogen) atoms. The minimum absolute atomic E-state index is 0.0762. The van der Waals surface area contributed by atoms with Gasteiger partial charge in [0.1, 0.15) is 5.75 Å². The Bertz CT molecular complexity index is 538. The van der Waals surface area contributed by atoms with Gasteiger partial charge in [0.15, 0.2) is 0 Å². The number of alkyl halides is 3. The zero-order valence-corrected chi connectivity index (χ0v) is 12.1. The summed E-state index contributed by atoms with van der Waals surface area (Å²) < 4.78 is 39.8. The van der Waals surface area contributed by atoms with Crippen LogP contribution >= 0.6 is 0 Å². The number of carbonyl (C=O) groups is 1. The van der Waals surface area contributed by atoms with Crippen LogP contribution in [0.25, 0.3) is 0 Å². The molecule has 0 aliphatic carbocycles. The van der Waals surface area contributed by atoms with E-state index in [1.807, 2.05) is 0 Å². The van der Waals surface area contributed by atoms with E-state index >= 15 is 0 Å². The molecule has 1 aromatic carbocycles. The number of amides is 1. The molecule has 8 heteroatoms. The molecule has 120 valence electrons. The van der Waals surface area contributed by atoms with Crippen LogP contribution in [0.5, 0.6) is 5.75 Å². The van der Waals surface area contributed by atoms with Crippen molar-refractivity contribution < 1.29 is 22.7 Å². The van der Waals surface area contributed by atoms with Gasteiger partial charge in [-0.25, -0.2) is 0 Å². The number of ether oxygens (including phenoxy) is 1. The van der Waals surface area contributed by atoms with E-state index in [1.165, 1.54) is 12.1 Å². The predicted molar refractivity (Wildman–Crippen MR) is 74.0 cm³/mol. The van der Waals surface area contributed by atoms with Crippen LogP contribution in [0.1, 0.15) is 6.92 Å². The lowest BCUT2D eigenvalue weighted by molar-refractivity contribution is -0.274. The van der Waals surface area contributed by atoms with Crippen molar-refractivity contribution in [1.29, 1.82) is 5.26 Å². The number of rotatable bonds is 6. The van der Waals surface area contributed by atoms with Crippen LogP contribution in [0.4, 0.5) is 18.9 Å². The van der Waals surface area contributed by atoms with Crippen molar-refractivity contribution in [3.05, 3.63) is 24.3 Å². The number of likely N-dealkylation sites (N-methyl/N-ethyl adjacent to an activating group) is 1. The summed E-state index contributed by atoms with van der Waals surface area (Å²) in [6, 6.07) is 6.93. The maximum absolute atomic E-state index is 12.0. The third-order valence-corrected chi connectivity index (χ3v) is 2.59. The van der Waals surface area contributed by atoms with Crippen LogP contribution in [0.15, 0.2) is 24.3 Å². The van der Waals surface area contributed by atoms with Gasteiger partial charge < -0.3 is 10.1 Å². The van der Waals surface area contributed by atoms with E-state index in [1.54, 1.807) is 18.9 Å². The Morgan fingerprint density at radius 2 is 2.00 bits per heavy atom. The molecule has 1 rings (SSSR count). The first-order valence-electron chi connectivity index (χ1n) is 6.43. The Morgan fingerprint density at radius 1 is 1.41 bits per heavy atom. The lowest BCUT2D eigenvalue weighted by Gasteiger charge is -2.17. The molecule has 0 saturated heterocycles. The van der Waals surface area contributed by atoms with E-state index < -0.39 is 6.36 Å². The number of anilines is 1. The summed E-state index contributed by atoms with van der Waals surface area (Å²) in [5.41, 5.74) is 0.362. The van der Waals surface area contributed by atoms with Crippen molar-refractivity contribution in [3.63, 3.8) is 0 Å². The van der Waals surface area contributed by atoms with Crippen molar-refractivity contribution in [3.8, 4) is 11.8 Å². The van der Waals surface area contributed by atoms with Crippen LogP contribution in [0.2, 0.25) is 0 Å². The lowest BCUT2D eigenvalue weighted by atomic mass is 10.2. The molecule has 0 unspecified atom stereocenters. The van der Waals surface area contributed by atoms with Gasteiger partial charge in [0.25, 0.3) is 0 Å². The second-order valence-corrected chi connectivity index (χ2v) is 4.85. The summed E-state index contributed by atoms with van der Waals surface area (Å²) in [6.45, 7) is 2.27. The van der Waals surface area contributed by atoms with Gasteiger partial charge in [-0.2, -0.15) is 5.26 Å². The molecule has 0 radical (unpaired) electrons. The van der Waals surface area contributed by atoms with Crippen LogP contribution in [0.3, 0.4) is 0 Å². The van der Waals surface area contributed by atoms with E-state index in [-0.39, 0.29) is 24.1 Å². The average molecular weight is 315 g/mol. The molecule has 0 spiro atoms. The largest absolute Gasteiger partial charge is 0.573 e. The van der Waals surface area contributed by atoms with Crippen molar-refractivity contribution in [1.82, 2.24) is 4.90 Å². The number of hydrogen-bond acceptors (Lipinski definition) is 4. The van der Waals surface area contributed by atoms with E-state index in [0.717, 1.165) is 12.1 Å². The van der Waals surface area contributed by atoms with Crippen molar-refractivity contribution >= 4 is 11.6 Å². The maximum Gasteiger partial charge on any atom is 0.573 e. The predicted octanol–water partition coefficient (Wildman–Crippen LogP) is 2.62. The molecule has 0 heterocycles. The average Bonchev–Trinajstić information content (AvgIpc) is 2.38. The highest BCUT2D eigenvalue weighted by Crippen LogP contribution is 2.23. The van der Waals surface area contributed by atoms with Crippen LogP contribution < -0.4 is 10.1 Å². The first-order valence-corrected chi connectivity index (χ1v) is 6.43. The first kappa shape index (κ1) is 17.8. The molecule has 1 N–H and O–H groups in total. The molecule has 0 aromatic heterocycles. The summed E-state index contributed by atoms with van der Waals surface area (Å²) in [6.07, 6.45) is -4.75. The topological polar surface area (TPSA) is 65.4 Å². The molecular formula is C14H16F3N3O2. The van der Waals surface area contributed by atoms with Gasteiger partial charge in [0.05, 0.1) is 18.5 Å². The van der Waals surface area contributed by atoms with Crippen molar-refractivity contribution in [2.75, 3.05) is 25.5 Å². The molecule has 1 atom stereocenters. The third-order valence-electron chi connectivity index (χ3n) is 2.59. The molecule has 0 aliphatic heterocycles. The molecule has 1 amide bonds. The van der Waals surface area contributed by atoms with E-state index in [9.17, 15) is 18.0 Å². The van der Waals surface area contributed by atoms with Gasteiger partial charge in [-0.1, -0.05) is 0 Å². The number of hydrogen-bond donors (Lipinski definition) is 1. The number of nitriles is 1. The minimum atomic E-state index is -4.75. The number of halogens is 3. The smallest absolute Gasteiger partial charge is 0.406 e. The quantitative estimate of drug-likeness (QED) is 0.876. The highest BCUT2D eigenvalue weighted by atomic mass is 19.4. The Balaban J connectivity index is 2.50. The Labute approximate surface area is 126 Å². The summed E-state index contributed by atoms with van der Waals surface area (Å²) in [7, 11) is 1.70. The van der Waals surface area contributed by atoms with Crippen molar-refractivity contribution in [2.45, 2.75) is 13.3 Å². The van der Waals surface area contributed by atoms with E-state index in [0.29, 0.717) is 12.2 Å². The van der Waals surface area contributed by atoms with Gasteiger partial charge in [-0.3, -0.25) is 9.69 Å². The van der Waals surface area contributed by atoms with Gasteiger partial charge >= 0.3 is 6.36 Å². The maximum atomic E-state index is 12.0. The van der Waals surface area contributed by atoms with E-state index in [4.69, 9.17) is 5.26 Å². The molecular weight excluding hydrogens is 299 g/mol. The fourth-order valence-electron chi connectivity index (χ4n) is 1.76. The number of benzene rings is 1. The summed E-state index contributed by atoms with van der Waals surface area (Å²) in [4.78, 5) is 13.4. The Kier molecular flexibility index (Phi) is 6.19. The standard InChI is InChI=1S/C14H16F3N3O2/c1-10(7-18)8-20(2)9-13(21)19-11-3-5-12(6-4-11)22-14(15,16)17/h3-6,10H,8-9H2,1-2H3,(H,19,21)/t10-/m1/s1. The monoisotopic (exact) mass is 315 g/mol. The zero-order valence-electron chi connectivity index (χ0n) is 12.1. The highest BCUT2D eigenvalue weighted by molar-refractivity contribution is 5.92. The fourth-order valence-corrected chi connectivity index (χ4v) is 1.76. The van der Waals surface area contributed by atoms with Crippen LogP contribution in [-0.4, -0.2) is 37.3 Å². The molecule has 0 saturated carbocycles. The van der Waals surface area contributed by atoms with Gasteiger partial charge in [-0.15, -0.1) is 13.2 Å². The molecule has 0 bridgehead atoms. The normalized spacial score (nSPS) is 12.6. The lowest BCUT2D eigenvalue weighted by Crippen LogP contribution is -2.32. The van der Waals surface area contributed by atoms with Gasteiger partial charge in [0, 0.05) is 12.2 Å². The molecule has 1 aromatic rings. The molecule has 0 aliphatic rings. The number of nitrogens with zero attached hydrogens (tertiary/aromatic N) is 2. The second-order valence-electron chi connectivity index (χ2n) is 4.85.